The summed E-state index contributed by atoms with van der Waals surface area (Å²) in [4.78, 5) is 30.1. The Bertz CT molecular complexity index is 1880. The Balaban J connectivity index is 1.21. The van der Waals surface area contributed by atoms with Crippen molar-refractivity contribution in [2.45, 2.75) is 58.7 Å². The summed E-state index contributed by atoms with van der Waals surface area (Å²) in [6.45, 7) is 12.4. The average molecular weight is 648 g/mol. The first-order valence-corrected chi connectivity index (χ1v) is 19.9. The van der Waals surface area contributed by atoms with E-state index in [2.05, 4.69) is 82.3 Å². The van der Waals surface area contributed by atoms with Crippen molar-refractivity contribution in [3.05, 3.63) is 110 Å². The van der Waals surface area contributed by atoms with Crippen LogP contribution in [0, 0.1) is 17.0 Å². The van der Waals surface area contributed by atoms with Crippen LogP contribution < -0.4 is 15.4 Å². The maximum atomic E-state index is 13.2. The molecule has 0 bridgehead atoms. The molecule has 1 N–H and O–H groups in total. The SMILES string of the molecule is Cc1cc(C(=O)NCCCn2ccnc2[N+](=O)[O-])ccc1C1=C2C=CC(=[N+]3CCCC3)C=C2[Si](C)(C)c2cc(N3CCCC3)ccc21. The summed E-state index contributed by atoms with van der Waals surface area (Å²) in [6, 6.07) is 13.2. The number of amides is 1. The summed E-state index contributed by atoms with van der Waals surface area (Å²) in [5.41, 5.74) is 9.41. The van der Waals surface area contributed by atoms with Crippen molar-refractivity contribution >= 4 is 42.1 Å². The second kappa shape index (κ2) is 12.6. The van der Waals surface area contributed by atoms with Crippen molar-refractivity contribution in [3.63, 3.8) is 0 Å². The summed E-state index contributed by atoms with van der Waals surface area (Å²) in [6.07, 6.45) is 15.7. The van der Waals surface area contributed by atoms with Gasteiger partial charge in [0.05, 0.1) is 6.54 Å². The molecule has 1 amide bonds. The average Bonchev–Trinajstić information content (AvgIpc) is 3.87. The molecular formula is C37H43N6O3Si+. The quantitative estimate of drug-likeness (QED) is 0.114. The van der Waals surface area contributed by atoms with E-state index in [4.69, 9.17) is 0 Å². The molecule has 0 saturated carbocycles. The van der Waals surface area contributed by atoms with Gasteiger partial charge < -0.3 is 20.3 Å². The van der Waals surface area contributed by atoms with Crippen LogP contribution in [-0.4, -0.2) is 71.5 Å². The van der Waals surface area contributed by atoms with Crippen LogP contribution in [0.25, 0.3) is 5.57 Å². The highest BCUT2D eigenvalue weighted by Gasteiger charge is 2.41. The molecule has 1 aliphatic carbocycles. The maximum absolute atomic E-state index is 13.2. The van der Waals surface area contributed by atoms with Crippen molar-refractivity contribution in [3.8, 4) is 0 Å². The number of fused-ring (bicyclic) bond motifs is 2. The van der Waals surface area contributed by atoms with Crippen molar-refractivity contribution < 1.29 is 14.3 Å². The fourth-order valence-corrected chi connectivity index (χ4v) is 10.8. The van der Waals surface area contributed by atoms with Crippen LogP contribution in [-0.2, 0) is 6.54 Å². The van der Waals surface area contributed by atoms with E-state index in [9.17, 15) is 14.9 Å². The highest BCUT2D eigenvalue weighted by molar-refractivity contribution is 6.98. The lowest BCUT2D eigenvalue weighted by Crippen LogP contribution is -2.50. The Kier molecular flexibility index (Phi) is 8.30. The van der Waals surface area contributed by atoms with Crippen LogP contribution in [0.2, 0.25) is 13.1 Å². The fraction of sp³-hybridized carbons (Fsp3) is 0.378. The molecule has 2 aromatic carbocycles. The molecule has 3 aromatic rings. The minimum Gasteiger partial charge on any atom is -0.390 e. The molecule has 0 spiro atoms. The van der Waals surface area contributed by atoms with Crippen molar-refractivity contribution in [2.75, 3.05) is 37.6 Å². The number of benzene rings is 2. The minimum absolute atomic E-state index is 0.145. The minimum atomic E-state index is -2.05. The van der Waals surface area contributed by atoms with Crippen LogP contribution in [0.3, 0.4) is 0 Å². The number of imidazole rings is 1. The molecule has 0 atom stereocenters. The van der Waals surface area contributed by atoms with Gasteiger partial charge in [-0.15, -0.1) is 0 Å². The van der Waals surface area contributed by atoms with Gasteiger partial charge >= 0.3 is 5.95 Å². The third-order valence-corrected chi connectivity index (χ3v) is 13.8. The summed E-state index contributed by atoms with van der Waals surface area (Å²) >= 11 is 0. The molecule has 2 saturated heterocycles. The van der Waals surface area contributed by atoms with E-state index >= 15 is 0 Å². The van der Waals surface area contributed by atoms with Gasteiger partial charge in [0, 0.05) is 55.9 Å². The van der Waals surface area contributed by atoms with E-state index in [1.807, 2.05) is 12.1 Å². The van der Waals surface area contributed by atoms with Crippen LogP contribution >= 0.6 is 0 Å². The number of anilines is 1. The van der Waals surface area contributed by atoms with E-state index in [1.165, 1.54) is 74.9 Å². The van der Waals surface area contributed by atoms with E-state index in [0.717, 1.165) is 37.3 Å². The van der Waals surface area contributed by atoms with Gasteiger partial charge in [0.15, 0.2) is 5.71 Å². The third-order valence-electron chi connectivity index (χ3n) is 10.3. The second-order valence-electron chi connectivity index (χ2n) is 13.7. The highest BCUT2D eigenvalue weighted by Crippen LogP contribution is 2.43. The van der Waals surface area contributed by atoms with Gasteiger partial charge in [0.1, 0.15) is 33.6 Å². The number of aryl methyl sites for hydroxylation is 2. The molecule has 2 fully saturated rings. The molecule has 1 aromatic heterocycles. The molecule has 3 aliphatic heterocycles. The number of nitrogens with zero attached hydrogens (tertiary/aromatic N) is 5. The topological polar surface area (TPSA) is 96.3 Å². The van der Waals surface area contributed by atoms with Gasteiger partial charge in [-0.05, 0) is 99.7 Å². The fourth-order valence-electron chi connectivity index (χ4n) is 7.75. The lowest BCUT2D eigenvalue weighted by molar-refractivity contribution is -0.504. The van der Waals surface area contributed by atoms with Crippen molar-refractivity contribution in [2.24, 2.45) is 0 Å². The number of hydrogen-bond donors (Lipinski definition) is 1. The number of nitro groups is 1. The van der Waals surface area contributed by atoms with Crippen LogP contribution in [0.4, 0.5) is 11.6 Å². The Morgan fingerprint density at radius 2 is 1.81 bits per heavy atom. The van der Waals surface area contributed by atoms with Gasteiger partial charge in [-0.3, -0.25) is 4.79 Å². The molecule has 7 rings (SSSR count). The summed E-state index contributed by atoms with van der Waals surface area (Å²) in [5.74, 6) is -0.329. The highest BCUT2D eigenvalue weighted by atomic mass is 28.3. The Morgan fingerprint density at radius 1 is 1.04 bits per heavy atom. The molecule has 10 heteroatoms. The first-order valence-electron chi connectivity index (χ1n) is 16.9. The van der Waals surface area contributed by atoms with Gasteiger partial charge in [-0.1, -0.05) is 30.2 Å². The first kappa shape index (κ1) is 31.0. The summed E-state index contributed by atoms with van der Waals surface area (Å²) in [7, 11) is -2.05. The largest absolute Gasteiger partial charge is 0.434 e. The molecule has 0 radical (unpaired) electrons. The Labute approximate surface area is 277 Å². The number of aromatic nitrogens is 2. The summed E-state index contributed by atoms with van der Waals surface area (Å²) < 4.78 is 4.03. The number of rotatable bonds is 8. The number of carbonyl (C=O) groups excluding carboxylic acids is 1. The second-order valence-corrected chi connectivity index (χ2v) is 18.0. The molecule has 4 aliphatic rings. The standard InChI is InChI=1S/C37H42N6O3Si/c1-26-23-27(36(44)38-15-8-21-42-22-16-39-37(42)43(45)46)9-12-30(26)35-31-13-10-28(40-17-4-5-18-40)24-33(31)47(2,3)34-25-29(11-14-32(34)35)41-19-6-7-20-41/h9-14,16,22-25H,4-8,15,17-21H2,1-3H3/p+1. The monoisotopic (exact) mass is 647 g/mol. The van der Waals surface area contributed by atoms with E-state index < -0.39 is 13.0 Å². The first-order chi connectivity index (χ1) is 22.7. The van der Waals surface area contributed by atoms with Crippen LogP contribution in [0.5, 0.6) is 0 Å². The number of hydrogen-bond acceptors (Lipinski definition) is 5. The van der Waals surface area contributed by atoms with E-state index in [0.29, 0.717) is 25.1 Å². The molecule has 47 heavy (non-hydrogen) atoms. The smallest absolute Gasteiger partial charge is 0.390 e. The zero-order chi connectivity index (χ0) is 32.7. The number of nitrogens with one attached hydrogen (secondary N) is 1. The normalized spacial score (nSPS) is 18.4. The third kappa shape index (κ3) is 5.79. The van der Waals surface area contributed by atoms with Gasteiger partial charge in [0.25, 0.3) is 5.91 Å². The lowest BCUT2D eigenvalue weighted by atomic mass is 9.87. The molecule has 242 valence electrons. The van der Waals surface area contributed by atoms with Crippen molar-refractivity contribution in [1.29, 1.82) is 0 Å². The Hall–Kier alpha value is -4.57. The number of carbonyl (C=O) groups is 1. The predicted molar refractivity (Wildman–Crippen MR) is 189 cm³/mol. The molecule has 4 heterocycles. The van der Waals surface area contributed by atoms with Gasteiger partial charge in [-0.2, -0.15) is 0 Å². The van der Waals surface area contributed by atoms with Crippen molar-refractivity contribution in [1.82, 2.24) is 14.9 Å². The number of allylic oxidation sites excluding steroid dienone is 5. The predicted octanol–water partition coefficient (Wildman–Crippen LogP) is 5.53. The summed E-state index contributed by atoms with van der Waals surface area (Å²) in [5, 5.41) is 17.1. The molecule has 9 nitrogen and oxygen atoms in total. The van der Waals surface area contributed by atoms with E-state index in [-0.39, 0.29) is 11.9 Å². The van der Waals surface area contributed by atoms with Crippen LogP contribution in [0.15, 0.2) is 77.8 Å². The molecule has 0 unspecified atom stereocenters. The molecular weight excluding hydrogens is 605 g/mol. The van der Waals surface area contributed by atoms with Crippen LogP contribution in [0.1, 0.15) is 59.2 Å². The van der Waals surface area contributed by atoms with Gasteiger partial charge in [0.2, 0.25) is 0 Å². The van der Waals surface area contributed by atoms with Gasteiger partial charge in [-0.25, -0.2) is 9.14 Å². The zero-order valence-corrected chi connectivity index (χ0v) is 28.6. The lowest BCUT2D eigenvalue weighted by Gasteiger charge is -2.38. The van der Waals surface area contributed by atoms with E-state index in [1.54, 1.807) is 6.20 Å². The maximum Gasteiger partial charge on any atom is 0.434 e. The Morgan fingerprint density at radius 3 is 2.55 bits per heavy atom. The zero-order valence-electron chi connectivity index (χ0n) is 27.6.